The quantitative estimate of drug-likeness (QED) is 0.691. The van der Waals surface area contributed by atoms with Gasteiger partial charge in [-0.25, -0.2) is 4.79 Å². The molecule has 1 atom stereocenters. The molecule has 6 heteroatoms. The Labute approximate surface area is 164 Å². The summed E-state index contributed by atoms with van der Waals surface area (Å²) in [5.41, 5.74) is 5.08. The van der Waals surface area contributed by atoms with Crippen molar-refractivity contribution in [1.29, 1.82) is 0 Å². The van der Waals surface area contributed by atoms with E-state index in [9.17, 15) is 9.59 Å². The second-order valence-electron chi connectivity index (χ2n) is 7.58. The van der Waals surface area contributed by atoms with Crippen LogP contribution in [0.2, 0.25) is 0 Å². The molecular formula is C22H26N4O2. The summed E-state index contributed by atoms with van der Waals surface area (Å²) in [5.74, 6) is -0.0527. The number of benzene rings is 2. The highest BCUT2D eigenvalue weighted by molar-refractivity contribution is 5.94. The van der Waals surface area contributed by atoms with Crippen molar-refractivity contribution >= 4 is 16.9 Å². The Morgan fingerprint density at radius 1 is 1.29 bits per heavy atom. The van der Waals surface area contributed by atoms with Crippen molar-refractivity contribution in [1.82, 2.24) is 19.8 Å². The monoisotopic (exact) mass is 378 g/mol. The van der Waals surface area contributed by atoms with Gasteiger partial charge in [-0.05, 0) is 62.2 Å². The number of hydrogen-bond acceptors (Lipinski definition) is 3. The van der Waals surface area contributed by atoms with Gasteiger partial charge >= 0.3 is 5.69 Å². The maximum absolute atomic E-state index is 12.3. The lowest BCUT2D eigenvalue weighted by Gasteiger charge is -2.31. The van der Waals surface area contributed by atoms with E-state index in [0.29, 0.717) is 11.6 Å². The van der Waals surface area contributed by atoms with Gasteiger partial charge < -0.3 is 15.2 Å². The number of para-hydroxylation sites is 1. The number of carbonyl (C=O) groups is 1. The van der Waals surface area contributed by atoms with Gasteiger partial charge in [0.2, 0.25) is 0 Å². The molecule has 3 aromatic rings. The van der Waals surface area contributed by atoms with E-state index in [2.05, 4.69) is 34.4 Å². The van der Waals surface area contributed by atoms with Crippen LogP contribution in [-0.2, 0) is 19.4 Å². The molecule has 4 rings (SSSR count). The number of imidazole rings is 1. The largest absolute Gasteiger partial charge is 0.355 e. The fourth-order valence-corrected chi connectivity index (χ4v) is 4.19. The molecule has 1 aliphatic heterocycles. The van der Waals surface area contributed by atoms with Crippen LogP contribution in [0.5, 0.6) is 0 Å². The third kappa shape index (κ3) is 3.47. The second kappa shape index (κ2) is 7.64. The van der Waals surface area contributed by atoms with Crippen LogP contribution < -0.4 is 11.0 Å². The first kappa shape index (κ1) is 18.5. The molecule has 0 unspecified atom stereocenters. The van der Waals surface area contributed by atoms with E-state index in [4.69, 9.17) is 0 Å². The summed E-state index contributed by atoms with van der Waals surface area (Å²) in [6.07, 6.45) is 2.88. The molecule has 0 bridgehead atoms. The number of amides is 1. The van der Waals surface area contributed by atoms with Gasteiger partial charge in [0, 0.05) is 25.2 Å². The molecule has 1 amide bonds. The summed E-state index contributed by atoms with van der Waals surface area (Å²) in [5, 5.41) is 2.67. The number of aromatic nitrogens is 2. The van der Waals surface area contributed by atoms with Gasteiger partial charge in [0.15, 0.2) is 0 Å². The van der Waals surface area contributed by atoms with Crippen molar-refractivity contribution in [3.63, 3.8) is 0 Å². The number of carbonyl (C=O) groups excluding carboxylic acids is 1. The van der Waals surface area contributed by atoms with Crippen LogP contribution in [0.1, 0.15) is 27.9 Å². The highest BCUT2D eigenvalue weighted by Crippen LogP contribution is 2.24. The SMILES string of the molecule is CNC(=O)c1cccc(CCCN(C)[C@@H]2Cc3cccc4[nH]c(=O)n(c34)C2)c1. The van der Waals surface area contributed by atoms with Gasteiger partial charge in [0.25, 0.3) is 5.91 Å². The molecule has 0 radical (unpaired) electrons. The Morgan fingerprint density at radius 3 is 2.93 bits per heavy atom. The van der Waals surface area contributed by atoms with E-state index in [0.717, 1.165) is 43.4 Å². The van der Waals surface area contributed by atoms with Gasteiger partial charge in [-0.1, -0.05) is 24.3 Å². The molecule has 0 saturated heterocycles. The molecule has 2 N–H and O–H groups in total. The van der Waals surface area contributed by atoms with Crippen molar-refractivity contribution in [2.45, 2.75) is 31.8 Å². The molecule has 0 fully saturated rings. The lowest BCUT2D eigenvalue weighted by atomic mass is 9.99. The summed E-state index contributed by atoms with van der Waals surface area (Å²) in [7, 11) is 3.78. The molecule has 1 aromatic heterocycles. The van der Waals surface area contributed by atoms with E-state index >= 15 is 0 Å². The van der Waals surface area contributed by atoms with Crippen LogP contribution >= 0.6 is 0 Å². The number of aromatic amines is 1. The summed E-state index contributed by atoms with van der Waals surface area (Å²) >= 11 is 0. The summed E-state index contributed by atoms with van der Waals surface area (Å²) in [6, 6.07) is 14.2. The number of nitrogens with zero attached hydrogens (tertiary/aromatic N) is 2. The second-order valence-corrected chi connectivity index (χ2v) is 7.58. The van der Waals surface area contributed by atoms with Gasteiger partial charge in [-0.3, -0.25) is 9.36 Å². The lowest BCUT2D eigenvalue weighted by molar-refractivity contribution is 0.0963. The Kier molecular flexibility index (Phi) is 5.05. The van der Waals surface area contributed by atoms with Gasteiger partial charge in [-0.15, -0.1) is 0 Å². The molecule has 6 nitrogen and oxygen atoms in total. The van der Waals surface area contributed by atoms with Crippen LogP contribution in [0, 0.1) is 0 Å². The average Bonchev–Trinajstić information content (AvgIpc) is 3.04. The van der Waals surface area contributed by atoms with E-state index in [1.54, 1.807) is 7.05 Å². The first-order valence-electron chi connectivity index (χ1n) is 9.78. The van der Waals surface area contributed by atoms with E-state index in [1.165, 1.54) is 11.1 Å². The minimum Gasteiger partial charge on any atom is -0.355 e. The zero-order chi connectivity index (χ0) is 19.7. The van der Waals surface area contributed by atoms with Gasteiger partial charge in [0.05, 0.1) is 11.0 Å². The molecule has 0 spiro atoms. The van der Waals surface area contributed by atoms with E-state index < -0.39 is 0 Å². The molecule has 146 valence electrons. The molecule has 2 aromatic carbocycles. The van der Waals surface area contributed by atoms with Crippen molar-refractivity contribution < 1.29 is 4.79 Å². The predicted octanol–water partition coefficient (Wildman–Crippen LogP) is 2.18. The van der Waals surface area contributed by atoms with Crippen molar-refractivity contribution in [2.24, 2.45) is 0 Å². The number of hydrogen-bond donors (Lipinski definition) is 2. The number of nitrogens with one attached hydrogen (secondary N) is 2. The van der Waals surface area contributed by atoms with Crippen molar-refractivity contribution in [2.75, 3.05) is 20.6 Å². The number of H-pyrrole nitrogens is 1. The van der Waals surface area contributed by atoms with Crippen LogP contribution in [0.3, 0.4) is 0 Å². The maximum atomic E-state index is 12.3. The Hall–Kier alpha value is -2.86. The fraction of sp³-hybridized carbons (Fsp3) is 0.364. The van der Waals surface area contributed by atoms with Gasteiger partial charge in [0.1, 0.15) is 0 Å². The third-order valence-electron chi connectivity index (χ3n) is 5.74. The zero-order valence-electron chi connectivity index (χ0n) is 16.4. The first-order valence-corrected chi connectivity index (χ1v) is 9.78. The van der Waals surface area contributed by atoms with Crippen LogP contribution in [0.25, 0.3) is 11.0 Å². The third-order valence-corrected chi connectivity index (χ3v) is 5.74. The minimum absolute atomic E-state index is 0.0217. The van der Waals surface area contributed by atoms with E-state index in [-0.39, 0.29) is 11.6 Å². The molecular weight excluding hydrogens is 352 g/mol. The van der Waals surface area contributed by atoms with E-state index in [1.807, 2.05) is 34.9 Å². The number of likely N-dealkylation sites (N-methyl/N-ethyl adjacent to an activating group) is 1. The smallest absolute Gasteiger partial charge is 0.326 e. The molecule has 28 heavy (non-hydrogen) atoms. The average molecular weight is 378 g/mol. The summed E-state index contributed by atoms with van der Waals surface area (Å²) in [6.45, 7) is 1.66. The Bertz CT molecular complexity index is 1070. The Morgan fingerprint density at radius 2 is 2.11 bits per heavy atom. The molecule has 0 saturated carbocycles. The number of aryl methyl sites for hydroxylation is 1. The van der Waals surface area contributed by atoms with Crippen LogP contribution in [0.4, 0.5) is 0 Å². The van der Waals surface area contributed by atoms with Crippen molar-refractivity contribution in [3.8, 4) is 0 Å². The van der Waals surface area contributed by atoms with Gasteiger partial charge in [-0.2, -0.15) is 0 Å². The maximum Gasteiger partial charge on any atom is 0.326 e. The van der Waals surface area contributed by atoms with Crippen LogP contribution in [-0.4, -0.2) is 47.0 Å². The highest BCUT2D eigenvalue weighted by Gasteiger charge is 2.25. The minimum atomic E-state index is -0.0527. The first-order chi connectivity index (χ1) is 13.6. The van der Waals surface area contributed by atoms with Crippen LogP contribution in [0.15, 0.2) is 47.3 Å². The highest BCUT2D eigenvalue weighted by atomic mass is 16.2. The molecule has 0 aliphatic carbocycles. The summed E-state index contributed by atoms with van der Waals surface area (Å²) in [4.78, 5) is 29.4. The Balaban J connectivity index is 1.39. The fourth-order valence-electron chi connectivity index (χ4n) is 4.19. The normalized spacial score (nSPS) is 15.9. The topological polar surface area (TPSA) is 70.1 Å². The number of rotatable bonds is 6. The predicted molar refractivity (Wildman–Crippen MR) is 111 cm³/mol. The molecule has 2 heterocycles. The molecule has 1 aliphatic rings. The standard InChI is InChI=1S/C22H26N4O2/c1-23-21(27)17-9-3-6-15(12-17)7-5-11-25(2)18-13-16-8-4-10-19-20(16)26(14-18)22(28)24-19/h3-4,6,8-10,12,18H,5,7,11,13-14H2,1-2H3,(H,23,27)(H,24,28)/t18-/m1/s1. The zero-order valence-corrected chi connectivity index (χ0v) is 16.4. The van der Waals surface area contributed by atoms with Crippen molar-refractivity contribution in [3.05, 3.63) is 69.6 Å². The lowest BCUT2D eigenvalue weighted by Crippen LogP contribution is -2.42. The summed E-state index contributed by atoms with van der Waals surface area (Å²) < 4.78 is 1.88.